The van der Waals surface area contributed by atoms with Gasteiger partial charge in [0, 0.05) is 36.8 Å². The molecule has 3 heterocycles. The van der Waals surface area contributed by atoms with Gasteiger partial charge >= 0.3 is 5.97 Å². The van der Waals surface area contributed by atoms with E-state index in [1.807, 2.05) is 0 Å². The van der Waals surface area contributed by atoms with Gasteiger partial charge < -0.3 is 28.8 Å². The number of rotatable bonds is 15. The predicted octanol–water partition coefficient (Wildman–Crippen LogP) is 6.76. The van der Waals surface area contributed by atoms with E-state index < -0.39 is 5.97 Å². The molecule has 0 radical (unpaired) electrons. The van der Waals surface area contributed by atoms with Gasteiger partial charge in [0.05, 0.1) is 24.4 Å². The summed E-state index contributed by atoms with van der Waals surface area (Å²) in [5.41, 5.74) is 0. The van der Waals surface area contributed by atoms with Crippen LogP contribution >= 0.6 is 15.9 Å². The third-order valence-corrected chi connectivity index (χ3v) is 9.61. The summed E-state index contributed by atoms with van der Waals surface area (Å²) in [6.07, 6.45) is 19.4. The maximum absolute atomic E-state index is 10.9. The third-order valence-electron chi connectivity index (χ3n) is 8.56. The molecule has 9 atom stereocenters. The van der Waals surface area contributed by atoms with Gasteiger partial charge in [-0.3, -0.25) is 4.79 Å². The zero-order valence-corrected chi connectivity index (χ0v) is 24.7. The highest BCUT2D eigenvalue weighted by atomic mass is 79.9. The number of hydrogen-bond donors (Lipinski definition) is 1. The van der Waals surface area contributed by atoms with Gasteiger partial charge in [-0.05, 0) is 70.1 Å². The zero-order valence-electron chi connectivity index (χ0n) is 23.1. The van der Waals surface area contributed by atoms with Crippen LogP contribution in [0.15, 0.2) is 12.2 Å². The van der Waals surface area contributed by atoms with Crippen molar-refractivity contribution in [3.8, 4) is 0 Å². The standard InChI is InChI=1S/C30H49BrO7/c1-2-3-4-10-21(36-29-13-5-7-17-34-29)15-16-22-23-19-27(24(31)11-9-12-28(32)33)37-26(23)20-25(22)38-30-14-6-8-18-35-30/h15-16,21-27,29-30H,2-14,17-20H2,1H3,(H,32,33)/b16-15+/t21-,22+,23+,24+,25+,26-,27+,29?,30?/m0/s1. The molecule has 1 saturated carbocycles. The van der Waals surface area contributed by atoms with Crippen LogP contribution in [-0.2, 0) is 28.5 Å². The van der Waals surface area contributed by atoms with E-state index in [-0.39, 0.29) is 54.2 Å². The number of alkyl halides is 1. The average Bonchev–Trinajstić information content (AvgIpc) is 3.46. The number of ether oxygens (including phenoxy) is 5. The zero-order chi connectivity index (χ0) is 26.7. The van der Waals surface area contributed by atoms with E-state index in [1.54, 1.807) is 0 Å². The van der Waals surface area contributed by atoms with Gasteiger partial charge in [0.15, 0.2) is 12.6 Å². The molecule has 4 aliphatic rings. The molecule has 0 bridgehead atoms. The van der Waals surface area contributed by atoms with Crippen molar-refractivity contribution in [1.29, 1.82) is 0 Å². The van der Waals surface area contributed by atoms with Crippen LogP contribution in [0.25, 0.3) is 0 Å². The highest BCUT2D eigenvalue weighted by Crippen LogP contribution is 2.47. The number of halogens is 1. The minimum atomic E-state index is -0.738. The number of unbranched alkanes of at least 4 members (excludes halogenated alkanes) is 2. The molecule has 4 fully saturated rings. The molecule has 1 N–H and O–H groups in total. The molecule has 0 spiro atoms. The van der Waals surface area contributed by atoms with E-state index in [0.717, 1.165) is 77.4 Å². The van der Waals surface area contributed by atoms with Crippen LogP contribution in [0.4, 0.5) is 0 Å². The minimum Gasteiger partial charge on any atom is -0.481 e. The Kier molecular flexibility index (Phi) is 12.9. The molecule has 1 aliphatic carbocycles. The summed E-state index contributed by atoms with van der Waals surface area (Å²) in [4.78, 5) is 11.1. The summed E-state index contributed by atoms with van der Waals surface area (Å²) in [6, 6.07) is 0. The smallest absolute Gasteiger partial charge is 0.303 e. The Balaban J connectivity index is 1.41. The summed E-state index contributed by atoms with van der Waals surface area (Å²) in [7, 11) is 0. The van der Waals surface area contributed by atoms with Crippen LogP contribution in [0.2, 0.25) is 0 Å². The Morgan fingerprint density at radius 2 is 1.79 bits per heavy atom. The molecule has 7 nitrogen and oxygen atoms in total. The Morgan fingerprint density at radius 1 is 1.03 bits per heavy atom. The van der Waals surface area contributed by atoms with Crippen LogP contribution in [-0.4, -0.2) is 66.1 Å². The van der Waals surface area contributed by atoms with Crippen LogP contribution in [0.3, 0.4) is 0 Å². The van der Waals surface area contributed by atoms with Gasteiger partial charge in [0.1, 0.15) is 0 Å². The van der Waals surface area contributed by atoms with Gasteiger partial charge in [0.2, 0.25) is 0 Å². The van der Waals surface area contributed by atoms with Crippen molar-refractivity contribution in [2.75, 3.05) is 13.2 Å². The molecule has 3 saturated heterocycles. The molecule has 38 heavy (non-hydrogen) atoms. The largest absolute Gasteiger partial charge is 0.481 e. The average molecular weight is 602 g/mol. The number of carboxylic acid groups (broad SMARTS) is 1. The molecule has 0 aromatic heterocycles. The van der Waals surface area contributed by atoms with Crippen molar-refractivity contribution >= 4 is 21.9 Å². The molecule has 2 unspecified atom stereocenters. The Hall–Kier alpha value is -0.510. The van der Waals surface area contributed by atoms with E-state index in [2.05, 4.69) is 35.0 Å². The second-order valence-corrected chi connectivity index (χ2v) is 12.7. The minimum absolute atomic E-state index is 0.0494. The van der Waals surface area contributed by atoms with Crippen molar-refractivity contribution < 1.29 is 33.6 Å². The van der Waals surface area contributed by atoms with Crippen molar-refractivity contribution in [2.45, 2.75) is 145 Å². The molecule has 3 aliphatic heterocycles. The van der Waals surface area contributed by atoms with Gasteiger partial charge in [-0.2, -0.15) is 0 Å². The maximum atomic E-state index is 10.9. The summed E-state index contributed by atoms with van der Waals surface area (Å²) in [5, 5.41) is 9.00. The van der Waals surface area contributed by atoms with Gasteiger partial charge in [-0.15, -0.1) is 0 Å². The first-order valence-electron chi connectivity index (χ1n) is 15.3. The van der Waals surface area contributed by atoms with Gasteiger partial charge in [-0.25, -0.2) is 0 Å². The van der Waals surface area contributed by atoms with Crippen LogP contribution in [0.1, 0.15) is 103 Å². The lowest BCUT2D eigenvalue weighted by molar-refractivity contribution is -0.194. The fourth-order valence-electron chi connectivity index (χ4n) is 6.46. The fraction of sp³-hybridized carbons (Fsp3) is 0.900. The normalized spacial score (nSPS) is 35.4. The van der Waals surface area contributed by atoms with Gasteiger partial charge in [0.25, 0.3) is 0 Å². The second kappa shape index (κ2) is 16.1. The molecular formula is C30H49BrO7. The molecule has 0 aromatic carbocycles. The molecule has 0 amide bonds. The summed E-state index contributed by atoms with van der Waals surface area (Å²) in [5.74, 6) is -0.108. The molecule has 0 aromatic rings. The number of aliphatic carboxylic acids is 1. The Morgan fingerprint density at radius 3 is 2.47 bits per heavy atom. The highest BCUT2D eigenvalue weighted by molar-refractivity contribution is 9.09. The highest BCUT2D eigenvalue weighted by Gasteiger charge is 2.50. The topological polar surface area (TPSA) is 83.5 Å². The first kappa shape index (κ1) is 30.4. The van der Waals surface area contributed by atoms with E-state index in [1.165, 1.54) is 19.3 Å². The maximum Gasteiger partial charge on any atom is 0.303 e. The Bertz CT molecular complexity index is 721. The van der Waals surface area contributed by atoms with Crippen LogP contribution in [0, 0.1) is 11.8 Å². The summed E-state index contributed by atoms with van der Waals surface area (Å²) in [6.45, 7) is 3.80. The lowest BCUT2D eigenvalue weighted by Crippen LogP contribution is -2.32. The van der Waals surface area contributed by atoms with Crippen molar-refractivity contribution in [3.05, 3.63) is 12.2 Å². The molecule has 218 valence electrons. The number of fused-ring (bicyclic) bond motifs is 1. The SMILES string of the molecule is CCCCC[C@@H](/C=C/[C@@H]1[C@H]2C[C@H]([C@H](Br)CCCC(=O)O)O[C@H]2C[C@H]1OC1CCCCO1)OC1CCCCO1. The summed E-state index contributed by atoms with van der Waals surface area (Å²) >= 11 is 3.81. The third kappa shape index (κ3) is 9.27. The first-order chi connectivity index (χ1) is 18.5. The molecule has 8 heteroatoms. The van der Waals surface area contributed by atoms with E-state index in [9.17, 15) is 4.79 Å². The van der Waals surface area contributed by atoms with E-state index in [4.69, 9.17) is 28.8 Å². The quantitative estimate of drug-likeness (QED) is 0.126. The van der Waals surface area contributed by atoms with Crippen molar-refractivity contribution in [2.24, 2.45) is 11.8 Å². The van der Waals surface area contributed by atoms with Crippen molar-refractivity contribution in [1.82, 2.24) is 0 Å². The second-order valence-electron chi connectivity index (χ2n) is 11.5. The van der Waals surface area contributed by atoms with Crippen LogP contribution in [0.5, 0.6) is 0 Å². The monoisotopic (exact) mass is 600 g/mol. The molecular weight excluding hydrogens is 552 g/mol. The van der Waals surface area contributed by atoms with Crippen LogP contribution < -0.4 is 0 Å². The number of hydrogen-bond acceptors (Lipinski definition) is 6. The lowest BCUT2D eigenvalue weighted by atomic mass is 9.88. The predicted molar refractivity (Wildman–Crippen MR) is 149 cm³/mol. The van der Waals surface area contributed by atoms with Crippen molar-refractivity contribution in [3.63, 3.8) is 0 Å². The number of carboxylic acids is 1. The first-order valence-corrected chi connectivity index (χ1v) is 16.2. The summed E-state index contributed by atoms with van der Waals surface area (Å²) < 4.78 is 31.4. The van der Waals surface area contributed by atoms with Gasteiger partial charge in [-0.1, -0.05) is 54.3 Å². The van der Waals surface area contributed by atoms with E-state index >= 15 is 0 Å². The Labute approximate surface area is 237 Å². The van der Waals surface area contributed by atoms with E-state index in [0.29, 0.717) is 12.3 Å². The number of carbonyl (C=O) groups is 1. The lowest BCUT2D eigenvalue weighted by Gasteiger charge is -2.30. The molecule has 4 rings (SSSR count). The fourth-order valence-corrected chi connectivity index (χ4v) is 7.13.